The van der Waals surface area contributed by atoms with Gasteiger partial charge in [-0.1, -0.05) is 0 Å². The molecule has 0 rings (SSSR count). The molecule has 0 amide bonds. The van der Waals surface area contributed by atoms with Crippen LogP contribution in [0.4, 0.5) is 0 Å². The zero-order valence-corrected chi connectivity index (χ0v) is 11.5. The number of carboxylic acids is 3. The molecule has 0 aromatic heterocycles. The van der Waals surface area contributed by atoms with E-state index in [1.165, 1.54) is 0 Å². The summed E-state index contributed by atoms with van der Waals surface area (Å²) in [5.41, 5.74) is 0. The molecule has 0 fully saturated rings. The van der Waals surface area contributed by atoms with Crippen molar-refractivity contribution in [3.05, 3.63) is 0 Å². The number of hydrogen-bond donors (Lipinski definition) is 5. The van der Waals surface area contributed by atoms with Gasteiger partial charge in [-0.15, -0.1) is 0 Å². The average molecular weight is 296 g/mol. The van der Waals surface area contributed by atoms with Gasteiger partial charge >= 0.3 is 48.6 Å². The maximum atomic E-state index is 11.1. The fourth-order valence-electron chi connectivity index (χ4n) is 1.21. The SMILES string of the molecule is O=C(O)CCC(CC(=O)O)(C(=O)O)P(=O)(O)O.[H-].[H-].[Mg+2]. The molecule has 11 heteroatoms. The third kappa shape index (κ3) is 4.90. The second kappa shape index (κ2) is 7.05. The van der Waals surface area contributed by atoms with Crippen LogP contribution in [0.5, 0.6) is 0 Å². The Labute approximate surface area is 120 Å². The van der Waals surface area contributed by atoms with Gasteiger partial charge in [-0.05, 0) is 6.42 Å². The number of carbonyl (C=O) groups is 3. The molecule has 18 heavy (non-hydrogen) atoms. The Morgan fingerprint density at radius 1 is 1.06 bits per heavy atom. The van der Waals surface area contributed by atoms with E-state index < -0.39 is 49.9 Å². The van der Waals surface area contributed by atoms with Crippen molar-refractivity contribution in [2.24, 2.45) is 0 Å². The van der Waals surface area contributed by atoms with Gasteiger partial charge in [0.1, 0.15) is 0 Å². The molecule has 0 aromatic carbocycles. The van der Waals surface area contributed by atoms with E-state index in [0.29, 0.717) is 0 Å². The molecule has 0 spiro atoms. The first-order valence-corrected chi connectivity index (χ1v) is 5.87. The number of rotatable bonds is 7. The van der Waals surface area contributed by atoms with Crippen LogP contribution in [0.2, 0.25) is 0 Å². The summed E-state index contributed by atoms with van der Waals surface area (Å²) >= 11 is 0. The quantitative estimate of drug-likeness (QED) is 0.297. The Bertz CT molecular complexity index is 398. The van der Waals surface area contributed by atoms with E-state index >= 15 is 0 Å². The minimum atomic E-state index is -5.32. The van der Waals surface area contributed by atoms with Crippen molar-refractivity contribution in [2.75, 3.05) is 0 Å². The molecule has 0 aliphatic rings. The second-order valence-corrected chi connectivity index (χ2v) is 5.29. The molecule has 102 valence electrons. The van der Waals surface area contributed by atoms with E-state index in [9.17, 15) is 18.9 Å². The summed E-state index contributed by atoms with van der Waals surface area (Å²) in [6.07, 6.45) is -3.17. The molecule has 5 N–H and O–H groups in total. The van der Waals surface area contributed by atoms with Crippen molar-refractivity contribution in [2.45, 2.75) is 24.4 Å². The summed E-state index contributed by atoms with van der Waals surface area (Å²) in [7, 11) is -5.32. The van der Waals surface area contributed by atoms with Crippen LogP contribution in [-0.4, -0.2) is 71.2 Å². The van der Waals surface area contributed by atoms with Gasteiger partial charge in [0.2, 0.25) is 0 Å². The minimum absolute atomic E-state index is 0. The molecule has 1 unspecified atom stereocenters. The van der Waals surface area contributed by atoms with E-state index in [0.717, 1.165) is 0 Å². The zero-order chi connectivity index (χ0) is 13.9. The largest absolute Gasteiger partial charge is 2.00 e. The maximum Gasteiger partial charge on any atom is 2.00 e. The fourth-order valence-corrected chi connectivity index (χ4v) is 2.20. The smallest absolute Gasteiger partial charge is 1.00 e. The van der Waals surface area contributed by atoms with Crippen molar-refractivity contribution in [3.63, 3.8) is 0 Å². The third-order valence-corrected chi connectivity index (χ3v) is 3.84. The molecule has 0 saturated carbocycles. The summed E-state index contributed by atoms with van der Waals surface area (Å²) in [4.78, 5) is 49.5. The van der Waals surface area contributed by atoms with Gasteiger partial charge in [-0.3, -0.25) is 18.9 Å². The van der Waals surface area contributed by atoms with Crippen LogP contribution in [0.25, 0.3) is 0 Å². The van der Waals surface area contributed by atoms with E-state index in [2.05, 4.69) is 0 Å². The molecule has 0 aliphatic heterocycles. The van der Waals surface area contributed by atoms with Crippen LogP contribution in [0.1, 0.15) is 22.1 Å². The van der Waals surface area contributed by atoms with Gasteiger partial charge in [0.25, 0.3) is 0 Å². The monoisotopic (exact) mass is 296 g/mol. The molecule has 0 bridgehead atoms. The Balaban J connectivity index is -0.000000427. The van der Waals surface area contributed by atoms with Crippen LogP contribution >= 0.6 is 7.60 Å². The van der Waals surface area contributed by atoms with Crippen LogP contribution in [0.15, 0.2) is 0 Å². The number of carboxylic acid groups (broad SMARTS) is 3. The fraction of sp³-hybridized carbons (Fsp3) is 0.571. The molecule has 0 heterocycles. The number of hydrogen-bond acceptors (Lipinski definition) is 4. The van der Waals surface area contributed by atoms with Crippen molar-refractivity contribution < 1.29 is 46.9 Å². The van der Waals surface area contributed by atoms with Crippen LogP contribution in [-0.2, 0) is 18.9 Å². The average Bonchev–Trinajstić information content (AvgIpc) is 2.08. The van der Waals surface area contributed by atoms with Gasteiger partial charge in [0, 0.05) is 6.42 Å². The molecule has 0 radical (unpaired) electrons. The number of aliphatic carboxylic acids is 3. The van der Waals surface area contributed by atoms with Crippen molar-refractivity contribution in [1.29, 1.82) is 0 Å². The summed E-state index contributed by atoms with van der Waals surface area (Å²) < 4.78 is 11.1. The van der Waals surface area contributed by atoms with E-state index in [1.807, 2.05) is 0 Å². The van der Waals surface area contributed by atoms with E-state index in [4.69, 9.17) is 25.1 Å². The van der Waals surface area contributed by atoms with E-state index in [-0.39, 0.29) is 25.9 Å². The molecular weight excluding hydrogens is 283 g/mol. The summed E-state index contributed by atoms with van der Waals surface area (Å²) in [6, 6.07) is 0. The van der Waals surface area contributed by atoms with Crippen LogP contribution in [0.3, 0.4) is 0 Å². The van der Waals surface area contributed by atoms with Crippen molar-refractivity contribution >= 4 is 48.6 Å². The molecule has 9 nitrogen and oxygen atoms in total. The summed E-state index contributed by atoms with van der Waals surface area (Å²) in [5, 5.41) is 22.7. The van der Waals surface area contributed by atoms with Crippen LogP contribution in [0, 0.1) is 0 Å². The van der Waals surface area contributed by atoms with Gasteiger partial charge < -0.3 is 28.0 Å². The Kier molecular flexibility index (Phi) is 7.70. The first kappa shape index (κ1) is 19.7. The Morgan fingerprint density at radius 2 is 1.50 bits per heavy atom. The first-order valence-electron chi connectivity index (χ1n) is 4.25. The molecule has 0 aromatic rings. The molecule has 0 aliphatic carbocycles. The Hall–Kier alpha value is -0.674. The molecular formula is C7H13MgO9P. The Morgan fingerprint density at radius 3 is 1.72 bits per heavy atom. The standard InChI is InChI=1S/C7H11O9P.Mg.2H/c8-4(9)1-2-7(6(12)13,3-5(10)11)17(14,15)16;;;/h1-3H2,(H,8,9)(H,10,11)(H,12,13)(H2,14,15,16);;;/q;+2;2*-1. The first-order chi connectivity index (χ1) is 7.53. The van der Waals surface area contributed by atoms with Gasteiger partial charge in [-0.25, -0.2) is 0 Å². The molecule has 0 saturated heterocycles. The molecule has 1 atom stereocenters. The van der Waals surface area contributed by atoms with Crippen LogP contribution < -0.4 is 0 Å². The van der Waals surface area contributed by atoms with Crippen molar-refractivity contribution in [1.82, 2.24) is 0 Å². The second-order valence-electron chi connectivity index (χ2n) is 3.35. The van der Waals surface area contributed by atoms with Gasteiger partial charge in [0.05, 0.1) is 6.42 Å². The predicted molar refractivity (Wildman–Crippen MR) is 59.5 cm³/mol. The minimum Gasteiger partial charge on any atom is -1.00 e. The third-order valence-electron chi connectivity index (χ3n) is 2.15. The predicted octanol–water partition coefficient (Wildman–Crippen LogP) is -0.829. The summed E-state index contributed by atoms with van der Waals surface area (Å²) in [6.45, 7) is 0. The van der Waals surface area contributed by atoms with Crippen molar-refractivity contribution in [3.8, 4) is 0 Å². The summed E-state index contributed by atoms with van der Waals surface area (Å²) in [5.74, 6) is -5.25. The normalized spacial score (nSPS) is 14.1. The zero-order valence-electron chi connectivity index (χ0n) is 11.1. The van der Waals surface area contributed by atoms with E-state index in [1.54, 1.807) is 0 Å². The van der Waals surface area contributed by atoms with Gasteiger partial charge in [0.15, 0.2) is 5.16 Å². The van der Waals surface area contributed by atoms with Gasteiger partial charge in [-0.2, -0.15) is 0 Å². The topological polar surface area (TPSA) is 169 Å². The maximum absolute atomic E-state index is 11.1.